The first kappa shape index (κ1) is 26.6. The van der Waals surface area contributed by atoms with Gasteiger partial charge in [0.2, 0.25) is 0 Å². The van der Waals surface area contributed by atoms with Gasteiger partial charge in [-0.3, -0.25) is 9.59 Å². The summed E-state index contributed by atoms with van der Waals surface area (Å²) in [5, 5.41) is 6.55. The van der Waals surface area contributed by atoms with E-state index in [0.29, 0.717) is 11.1 Å². The molecule has 0 amide bonds. The molecule has 218 valence electrons. The number of Topliss-reactive ketones (excluding diaryl/α,β-unsaturated/α-hetero) is 2. The summed E-state index contributed by atoms with van der Waals surface area (Å²) in [6.45, 7) is 4.61. The van der Waals surface area contributed by atoms with Crippen LogP contribution in [-0.2, 0) is 5.41 Å². The molecule has 1 aliphatic heterocycles. The average molecular weight is 592 g/mol. The molecule has 1 heterocycles. The van der Waals surface area contributed by atoms with E-state index in [1.807, 2.05) is 42.5 Å². The topological polar surface area (TPSA) is 37.4 Å². The highest BCUT2D eigenvalue weighted by atomic mass is 16.2. The lowest BCUT2D eigenvalue weighted by atomic mass is 9.71. The maximum absolute atomic E-state index is 13.5. The largest absolute Gasteiger partial charge is 0.309 e. The van der Waals surface area contributed by atoms with Crippen LogP contribution in [0.15, 0.2) is 139 Å². The summed E-state index contributed by atoms with van der Waals surface area (Å²) in [6.07, 6.45) is 1.76. The molecule has 0 spiro atoms. The molecular formula is C43H29NO2. The van der Waals surface area contributed by atoms with E-state index in [-0.39, 0.29) is 22.6 Å². The highest BCUT2D eigenvalue weighted by molar-refractivity contribution is 6.42. The summed E-state index contributed by atoms with van der Waals surface area (Å²) < 4.78 is 0. The molecule has 0 saturated heterocycles. The lowest BCUT2D eigenvalue weighted by Gasteiger charge is -2.43. The van der Waals surface area contributed by atoms with E-state index in [1.165, 1.54) is 27.6 Å². The minimum atomic E-state index is -0.270. The molecule has 7 aromatic carbocycles. The van der Waals surface area contributed by atoms with Crippen LogP contribution in [0.4, 0.5) is 17.1 Å². The number of ketones is 2. The molecule has 0 aromatic heterocycles. The second-order valence-electron chi connectivity index (χ2n) is 12.9. The normalized spacial score (nSPS) is 14.9. The maximum atomic E-state index is 13.5. The standard InChI is InChI=1S/C43H29NO2/c1-43(2)36-15-7-8-16-38(36)44(37-17-9-13-27-10-5-6-14-31(27)37)39-21-19-30-22-26(18-20-32(30)40(39)43)23-35-41(45)33-24-28-11-3-4-12-29(28)25-34(33)42(35)46/h3-25H,1-2H3. The fraction of sp³-hybridized carbons (Fsp3) is 0.0698. The number of rotatable bonds is 2. The number of para-hydroxylation sites is 1. The number of anilines is 3. The van der Waals surface area contributed by atoms with Gasteiger partial charge in [0.05, 0.1) is 22.6 Å². The van der Waals surface area contributed by atoms with Crippen molar-refractivity contribution >= 4 is 67.0 Å². The van der Waals surface area contributed by atoms with E-state index in [2.05, 4.69) is 110 Å². The van der Waals surface area contributed by atoms with Crippen LogP contribution in [0.5, 0.6) is 0 Å². The van der Waals surface area contributed by atoms with Crippen molar-refractivity contribution in [3.63, 3.8) is 0 Å². The Balaban J connectivity index is 1.21. The Bertz CT molecular complexity index is 2440. The molecular weight excluding hydrogens is 562 g/mol. The summed E-state index contributed by atoms with van der Waals surface area (Å²) in [5.74, 6) is -0.417. The van der Waals surface area contributed by atoms with Crippen molar-refractivity contribution in [1.29, 1.82) is 0 Å². The molecule has 9 rings (SSSR count). The summed E-state index contributed by atoms with van der Waals surface area (Å²) in [6, 6.07) is 46.0. The van der Waals surface area contributed by atoms with E-state index in [0.717, 1.165) is 38.5 Å². The van der Waals surface area contributed by atoms with Crippen LogP contribution in [0.25, 0.3) is 38.4 Å². The smallest absolute Gasteiger partial charge is 0.197 e. The predicted molar refractivity (Wildman–Crippen MR) is 189 cm³/mol. The Morgan fingerprint density at radius 2 is 1.15 bits per heavy atom. The van der Waals surface area contributed by atoms with Gasteiger partial charge in [-0.25, -0.2) is 0 Å². The monoisotopic (exact) mass is 591 g/mol. The quantitative estimate of drug-likeness (QED) is 0.148. The minimum absolute atomic E-state index is 0.209. The van der Waals surface area contributed by atoms with Crippen molar-refractivity contribution in [2.75, 3.05) is 4.90 Å². The van der Waals surface area contributed by atoms with E-state index >= 15 is 0 Å². The van der Waals surface area contributed by atoms with Gasteiger partial charge >= 0.3 is 0 Å². The Labute approximate surface area is 267 Å². The molecule has 0 bridgehead atoms. The number of nitrogens with zero attached hydrogens (tertiary/aromatic N) is 1. The minimum Gasteiger partial charge on any atom is -0.309 e. The first-order chi connectivity index (χ1) is 22.4. The molecule has 0 radical (unpaired) electrons. The Hall–Kier alpha value is -5.80. The van der Waals surface area contributed by atoms with Crippen molar-refractivity contribution in [2.45, 2.75) is 19.3 Å². The second kappa shape index (κ2) is 9.60. The maximum Gasteiger partial charge on any atom is 0.197 e. The van der Waals surface area contributed by atoms with Crippen LogP contribution in [0, 0.1) is 0 Å². The zero-order valence-corrected chi connectivity index (χ0v) is 25.5. The van der Waals surface area contributed by atoms with Crippen LogP contribution in [-0.4, -0.2) is 11.6 Å². The second-order valence-corrected chi connectivity index (χ2v) is 12.9. The van der Waals surface area contributed by atoms with E-state index in [9.17, 15) is 9.59 Å². The number of benzene rings is 7. The number of carbonyl (C=O) groups is 2. The van der Waals surface area contributed by atoms with Gasteiger partial charge in [-0.15, -0.1) is 0 Å². The molecule has 0 atom stereocenters. The third-order valence-electron chi connectivity index (χ3n) is 9.89. The molecule has 46 heavy (non-hydrogen) atoms. The number of carbonyl (C=O) groups excluding carboxylic acids is 2. The highest BCUT2D eigenvalue weighted by Gasteiger charge is 2.38. The summed E-state index contributed by atoms with van der Waals surface area (Å²) in [4.78, 5) is 29.4. The first-order valence-electron chi connectivity index (χ1n) is 15.7. The van der Waals surface area contributed by atoms with Crippen LogP contribution < -0.4 is 4.90 Å². The molecule has 7 aromatic rings. The van der Waals surface area contributed by atoms with Crippen molar-refractivity contribution in [3.8, 4) is 0 Å². The number of hydrogen-bond donors (Lipinski definition) is 0. The molecule has 0 unspecified atom stereocenters. The van der Waals surface area contributed by atoms with Crippen molar-refractivity contribution in [1.82, 2.24) is 0 Å². The summed E-state index contributed by atoms with van der Waals surface area (Å²) >= 11 is 0. The lowest BCUT2D eigenvalue weighted by Crippen LogP contribution is -2.31. The van der Waals surface area contributed by atoms with Crippen LogP contribution in [0.1, 0.15) is 51.3 Å². The zero-order chi connectivity index (χ0) is 31.2. The fourth-order valence-electron chi connectivity index (χ4n) is 7.70. The Kier molecular flexibility index (Phi) is 5.55. The van der Waals surface area contributed by atoms with E-state index < -0.39 is 0 Å². The van der Waals surface area contributed by atoms with Gasteiger partial charge in [0.25, 0.3) is 0 Å². The Morgan fingerprint density at radius 1 is 0.522 bits per heavy atom. The number of hydrogen-bond acceptors (Lipinski definition) is 3. The predicted octanol–water partition coefficient (Wildman–Crippen LogP) is 10.7. The number of allylic oxidation sites excluding steroid dienone is 1. The molecule has 0 saturated carbocycles. The van der Waals surface area contributed by atoms with Crippen molar-refractivity contribution < 1.29 is 9.59 Å². The lowest BCUT2D eigenvalue weighted by molar-refractivity contribution is 0.0990. The summed E-state index contributed by atoms with van der Waals surface area (Å²) in [5.41, 5.74) is 7.76. The summed E-state index contributed by atoms with van der Waals surface area (Å²) in [7, 11) is 0. The third-order valence-corrected chi connectivity index (χ3v) is 9.89. The first-order valence-corrected chi connectivity index (χ1v) is 15.7. The molecule has 3 nitrogen and oxygen atoms in total. The van der Waals surface area contributed by atoms with Crippen LogP contribution >= 0.6 is 0 Å². The van der Waals surface area contributed by atoms with Gasteiger partial charge in [0, 0.05) is 21.9 Å². The molecule has 0 fully saturated rings. The van der Waals surface area contributed by atoms with Gasteiger partial charge in [0.1, 0.15) is 0 Å². The third kappa shape index (κ3) is 3.72. The van der Waals surface area contributed by atoms with E-state index in [1.54, 1.807) is 6.08 Å². The van der Waals surface area contributed by atoms with Gasteiger partial charge in [-0.05, 0) is 86.1 Å². The van der Waals surface area contributed by atoms with Gasteiger partial charge in [-0.2, -0.15) is 0 Å². The van der Waals surface area contributed by atoms with Crippen LogP contribution in [0.2, 0.25) is 0 Å². The number of fused-ring (bicyclic) bond motifs is 7. The average Bonchev–Trinajstić information content (AvgIpc) is 3.31. The Morgan fingerprint density at radius 3 is 1.91 bits per heavy atom. The SMILES string of the molecule is CC1(C)c2ccccc2N(c2cccc3ccccc23)c2ccc3cc(C=C4C(=O)c5cc6ccccc6cc5C4=O)ccc3c21. The molecule has 1 aliphatic carbocycles. The van der Waals surface area contributed by atoms with Gasteiger partial charge in [0.15, 0.2) is 11.6 Å². The van der Waals surface area contributed by atoms with Gasteiger partial charge < -0.3 is 4.90 Å². The van der Waals surface area contributed by atoms with E-state index in [4.69, 9.17) is 0 Å². The zero-order valence-electron chi connectivity index (χ0n) is 25.5. The van der Waals surface area contributed by atoms with Crippen molar-refractivity contribution in [3.05, 3.63) is 167 Å². The highest BCUT2D eigenvalue weighted by Crippen LogP contribution is 2.54. The van der Waals surface area contributed by atoms with Gasteiger partial charge in [-0.1, -0.05) is 111 Å². The molecule has 0 N–H and O–H groups in total. The van der Waals surface area contributed by atoms with Crippen molar-refractivity contribution in [2.24, 2.45) is 0 Å². The molecule has 3 heteroatoms. The molecule has 2 aliphatic rings. The fourth-order valence-corrected chi connectivity index (χ4v) is 7.70. The van der Waals surface area contributed by atoms with Crippen LogP contribution in [0.3, 0.4) is 0 Å².